The van der Waals surface area contributed by atoms with Crippen LogP contribution < -0.4 is 10.4 Å². The zero-order valence-electron chi connectivity index (χ0n) is 23.6. The number of fused-ring (bicyclic) bond motifs is 4. The van der Waals surface area contributed by atoms with Gasteiger partial charge in [-0.3, -0.25) is 14.5 Å². The molecule has 0 bridgehead atoms. The van der Waals surface area contributed by atoms with E-state index in [0.29, 0.717) is 24.9 Å². The first-order valence-electron chi connectivity index (χ1n) is 14.4. The Balaban J connectivity index is 1.24. The van der Waals surface area contributed by atoms with E-state index in [9.17, 15) is 29.8 Å². The summed E-state index contributed by atoms with van der Waals surface area (Å²) in [5, 5.41) is 42.0. The van der Waals surface area contributed by atoms with Crippen molar-refractivity contribution in [3.05, 3.63) is 82.9 Å². The lowest BCUT2D eigenvalue weighted by Crippen LogP contribution is -2.46. The number of hydrogen-bond donors (Lipinski definition) is 4. The highest BCUT2D eigenvalue weighted by atomic mass is 16.5. The van der Waals surface area contributed by atoms with E-state index in [1.54, 1.807) is 18.2 Å². The number of allylic oxidation sites excluding steroid dienone is 2. The van der Waals surface area contributed by atoms with Gasteiger partial charge in [0.1, 0.15) is 5.75 Å². The van der Waals surface area contributed by atoms with E-state index in [4.69, 9.17) is 4.65 Å². The minimum absolute atomic E-state index is 0.197. The van der Waals surface area contributed by atoms with E-state index in [1.807, 2.05) is 44.2 Å². The zero-order chi connectivity index (χ0) is 29.7. The highest BCUT2D eigenvalue weighted by Crippen LogP contribution is 2.51. The Hall–Kier alpha value is -3.69. The Morgan fingerprint density at radius 1 is 1.05 bits per heavy atom. The third-order valence-electron chi connectivity index (χ3n) is 9.02. The second-order valence-corrected chi connectivity index (χ2v) is 11.7. The van der Waals surface area contributed by atoms with Crippen LogP contribution in [-0.2, 0) is 14.2 Å². The van der Waals surface area contributed by atoms with Crippen LogP contribution in [0.25, 0.3) is 16.8 Å². The lowest BCUT2D eigenvalue weighted by atomic mass is 9.59. The van der Waals surface area contributed by atoms with E-state index in [-0.39, 0.29) is 41.4 Å². The second kappa shape index (κ2) is 11.2. The summed E-state index contributed by atoms with van der Waals surface area (Å²) >= 11 is 0. The van der Waals surface area contributed by atoms with Crippen LogP contribution in [0.5, 0.6) is 5.75 Å². The lowest BCUT2D eigenvalue weighted by Gasteiger charge is -2.42. The molecule has 2 fully saturated rings. The molecule has 2 amide bonds. The largest absolute Gasteiger partial charge is 0.507 e. The number of carbonyl (C=O) groups is 2. The number of carbonyl (C=O) groups excluding carboxylic acids is 2. The first-order valence-corrected chi connectivity index (χ1v) is 14.4. The second-order valence-electron chi connectivity index (χ2n) is 11.7. The molecule has 42 heavy (non-hydrogen) atoms. The van der Waals surface area contributed by atoms with E-state index in [1.165, 1.54) is 17.0 Å². The number of anilines is 1. The molecule has 2 heterocycles. The summed E-state index contributed by atoms with van der Waals surface area (Å²) in [6, 6.07) is 17.5. The van der Waals surface area contributed by atoms with Crippen LogP contribution >= 0.6 is 0 Å². The third kappa shape index (κ3) is 4.98. The van der Waals surface area contributed by atoms with E-state index < -0.39 is 26.1 Å². The molecule has 0 unspecified atom stereocenters. The molecule has 0 radical (unpaired) electrons. The van der Waals surface area contributed by atoms with Crippen molar-refractivity contribution < 1.29 is 34.4 Å². The molecule has 0 aromatic heterocycles. The van der Waals surface area contributed by atoms with Gasteiger partial charge in [0.2, 0.25) is 11.8 Å². The van der Waals surface area contributed by atoms with Gasteiger partial charge >= 0.3 is 14.2 Å². The predicted octanol–water partition coefficient (Wildman–Crippen LogP) is 3.43. The molecule has 2 saturated heterocycles. The van der Waals surface area contributed by atoms with Crippen LogP contribution in [0.1, 0.15) is 38.7 Å². The average Bonchev–Trinajstić information content (AvgIpc) is 3.22. The van der Waals surface area contributed by atoms with Gasteiger partial charge in [0.25, 0.3) is 0 Å². The third-order valence-corrected chi connectivity index (χ3v) is 9.02. The predicted molar refractivity (Wildman–Crippen MR) is 163 cm³/mol. The lowest BCUT2D eigenvalue weighted by molar-refractivity contribution is -0.122. The van der Waals surface area contributed by atoms with Gasteiger partial charge in [-0.15, -0.1) is 0 Å². The summed E-state index contributed by atoms with van der Waals surface area (Å²) in [6.45, 7) is 4.03. The average molecular weight is 565 g/mol. The van der Waals surface area contributed by atoms with E-state index >= 15 is 0 Å². The molecule has 4 N–H and O–H groups in total. The Morgan fingerprint density at radius 2 is 1.81 bits per heavy atom. The van der Waals surface area contributed by atoms with Crippen LogP contribution in [0.15, 0.2) is 77.4 Å². The quantitative estimate of drug-likeness (QED) is 0.205. The number of phenols is 1. The number of benzene rings is 3. The summed E-state index contributed by atoms with van der Waals surface area (Å²) in [5.74, 6) is -1.86. The van der Waals surface area contributed by atoms with Gasteiger partial charge in [-0.2, -0.15) is 0 Å². The molecular formula is C32H33B2NO7. The molecule has 6 rings (SSSR count). The van der Waals surface area contributed by atoms with Gasteiger partial charge in [0.15, 0.2) is 0 Å². The van der Waals surface area contributed by atoms with Gasteiger partial charge in [0, 0.05) is 5.39 Å². The van der Waals surface area contributed by atoms with Crippen molar-refractivity contribution >= 4 is 54.0 Å². The Bertz CT molecular complexity index is 1630. The van der Waals surface area contributed by atoms with Gasteiger partial charge < -0.3 is 24.8 Å². The highest BCUT2D eigenvalue weighted by molar-refractivity contribution is 6.58. The molecule has 1 aliphatic carbocycles. The number of nitrogens with zero attached hydrogens (tertiary/aromatic N) is 1. The molecule has 8 nitrogen and oxygen atoms in total. The Kier molecular flexibility index (Phi) is 7.57. The summed E-state index contributed by atoms with van der Waals surface area (Å²) in [7, 11) is -2.77. The van der Waals surface area contributed by atoms with Crippen molar-refractivity contribution in [3.63, 3.8) is 0 Å². The van der Waals surface area contributed by atoms with Crippen LogP contribution in [-0.4, -0.2) is 52.3 Å². The molecule has 3 aromatic rings. The zero-order valence-corrected chi connectivity index (χ0v) is 23.6. The summed E-state index contributed by atoms with van der Waals surface area (Å²) < 4.78 is 6.05. The molecule has 4 atom stereocenters. The minimum Gasteiger partial charge on any atom is -0.507 e. The number of imide groups is 1. The fraction of sp³-hybridized carbons (Fsp3) is 0.312. The maximum Gasteiger partial charge on any atom is 0.488 e. The number of rotatable bonds is 6. The molecule has 3 aromatic carbocycles. The first-order chi connectivity index (χ1) is 20.1. The van der Waals surface area contributed by atoms with Gasteiger partial charge in [-0.05, 0) is 85.5 Å². The summed E-state index contributed by atoms with van der Waals surface area (Å²) in [6.07, 6.45) is 3.69. The minimum atomic E-state index is -1.72. The molecule has 214 valence electrons. The molecule has 3 aliphatic rings. The highest BCUT2D eigenvalue weighted by Gasteiger charge is 2.57. The SMILES string of the molecule is CC1=C2[C@@H](CC/C(C)=C/c3ccc(O)c4ccccc34)OB(O)C[C@@H]2[C@@H]2C(=O)N(c3cccc(B(O)O)c3)C(=O)[C@@H]2C1. The summed E-state index contributed by atoms with van der Waals surface area (Å²) in [4.78, 5) is 28.5. The Labute approximate surface area is 245 Å². The van der Waals surface area contributed by atoms with E-state index in [0.717, 1.165) is 33.1 Å². The van der Waals surface area contributed by atoms with Crippen molar-refractivity contribution in [1.29, 1.82) is 0 Å². The standard InChI is InChI=1S/C32H33B2NO7/c1-18(14-20-11-12-27(36)24-9-4-3-8-23(20)24)10-13-28-29-19(2)15-25-30(26(29)17-33(39)42-28)32(38)35(31(25)37)22-7-5-6-21(16-22)34(40)41/h3-9,11-12,14,16,25-26,28,30,36,39-41H,10,13,15,17H2,1-2H3/b18-14+/t25-,26+,28-,30-/m1/s1. The molecule has 0 spiro atoms. The fourth-order valence-electron chi connectivity index (χ4n) is 7.13. The Morgan fingerprint density at radius 3 is 2.57 bits per heavy atom. The molecule has 0 saturated carbocycles. The maximum absolute atomic E-state index is 13.8. The molecule has 10 heteroatoms. The van der Waals surface area contributed by atoms with Crippen molar-refractivity contribution in [2.24, 2.45) is 17.8 Å². The number of hydrogen-bond acceptors (Lipinski definition) is 7. The van der Waals surface area contributed by atoms with Crippen LogP contribution in [0.2, 0.25) is 6.32 Å². The van der Waals surface area contributed by atoms with Crippen LogP contribution in [0, 0.1) is 17.8 Å². The molecule has 2 aliphatic heterocycles. The van der Waals surface area contributed by atoms with Gasteiger partial charge in [0.05, 0.1) is 23.6 Å². The first kappa shape index (κ1) is 28.4. The maximum atomic E-state index is 13.8. The fourth-order valence-corrected chi connectivity index (χ4v) is 7.13. The van der Waals surface area contributed by atoms with Crippen molar-refractivity contribution in [2.45, 2.75) is 45.5 Å². The summed E-state index contributed by atoms with van der Waals surface area (Å²) in [5.41, 5.74) is 4.66. The van der Waals surface area contributed by atoms with E-state index in [2.05, 4.69) is 6.08 Å². The molecular weight excluding hydrogens is 532 g/mol. The number of aromatic hydroxyl groups is 1. The van der Waals surface area contributed by atoms with Crippen molar-refractivity contribution in [3.8, 4) is 5.75 Å². The topological polar surface area (TPSA) is 128 Å². The number of amides is 2. The van der Waals surface area contributed by atoms with Crippen LogP contribution in [0.4, 0.5) is 5.69 Å². The number of phenolic OH excluding ortho intramolecular Hbond substituents is 1. The van der Waals surface area contributed by atoms with Crippen molar-refractivity contribution in [1.82, 2.24) is 0 Å². The van der Waals surface area contributed by atoms with Gasteiger partial charge in [-0.1, -0.05) is 59.7 Å². The normalized spacial score (nSPS) is 24.4. The van der Waals surface area contributed by atoms with Crippen LogP contribution in [0.3, 0.4) is 0 Å². The van der Waals surface area contributed by atoms with Crippen molar-refractivity contribution in [2.75, 3.05) is 4.90 Å². The van der Waals surface area contributed by atoms with Gasteiger partial charge in [-0.25, -0.2) is 0 Å². The monoisotopic (exact) mass is 565 g/mol. The smallest absolute Gasteiger partial charge is 0.488 e.